The molecule has 1 aliphatic rings. The molecule has 20 heavy (non-hydrogen) atoms. The van der Waals surface area contributed by atoms with E-state index in [-0.39, 0.29) is 5.91 Å². The second-order valence-corrected chi connectivity index (χ2v) is 5.70. The molecule has 2 atom stereocenters. The number of piperidine rings is 1. The molecule has 2 heterocycles. The van der Waals surface area contributed by atoms with Gasteiger partial charge in [0.1, 0.15) is 11.5 Å². The average Bonchev–Trinajstić information content (AvgIpc) is 2.77. The van der Waals surface area contributed by atoms with Crippen LogP contribution in [0.3, 0.4) is 0 Å². The zero-order valence-electron chi connectivity index (χ0n) is 13.0. The summed E-state index contributed by atoms with van der Waals surface area (Å²) < 4.78 is 5.48. The van der Waals surface area contributed by atoms with Gasteiger partial charge in [-0.05, 0) is 38.8 Å². The van der Waals surface area contributed by atoms with Crippen molar-refractivity contribution >= 4 is 5.91 Å². The highest BCUT2D eigenvalue weighted by Crippen LogP contribution is 2.23. The zero-order valence-corrected chi connectivity index (χ0v) is 13.0. The van der Waals surface area contributed by atoms with Crippen molar-refractivity contribution in [1.82, 2.24) is 10.2 Å². The number of carbonyl (C=O) groups excluding carboxylic acids is 1. The summed E-state index contributed by atoms with van der Waals surface area (Å²) >= 11 is 0. The highest BCUT2D eigenvalue weighted by atomic mass is 16.3. The minimum atomic E-state index is 0.118. The molecule has 1 fully saturated rings. The fourth-order valence-electron chi connectivity index (χ4n) is 3.17. The fourth-order valence-corrected chi connectivity index (χ4v) is 3.17. The summed E-state index contributed by atoms with van der Waals surface area (Å²) in [5.74, 6) is 2.20. The number of hydrogen-bond acceptors (Lipinski definition) is 3. The number of hydrogen-bond donors (Lipinski definition) is 1. The Hall–Kier alpha value is -1.29. The standard InChI is InChI=1S/C16H26N2O2/c1-5-13-10-18(8-7-15(13)17-6-2)16(19)14-9-11(3)20-12(14)4/h9,13,15,17H,5-8,10H2,1-4H3. The van der Waals surface area contributed by atoms with Gasteiger partial charge in [0, 0.05) is 19.1 Å². The van der Waals surface area contributed by atoms with Gasteiger partial charge in [0.25, 0.3) is 5.91 Å². The highest BCUT2D eigenvalue weighted by molar-refractivity contribution is 5.95. The van der Waals surface area contributed by atoms with Crippen molar-refractivity contribution in [2.45, 2.75) is 46.6 Å². The summed E-state index contributed by atoms with van der Waals surface area (Å²) in [6.45, 7) is 10.8. The predicted octanol–water partition coefficient (Wildman–Crippen LogP) is 2.75. The summed E-state index contributed by atoms with van der Waals surface area (Å²) in [5, 5.41) is 3.54. The van der Waals surface area contributed by atoms with Crippen molar-refractivity contribution in [2.75, 3.05) is 19.6 Å². The van der Waals surface area contributed by atoms with Crippen molar-refractivity contribution < 1.29 is 9.21 Å². The van der Waals surface area contributed by atoms with Gasteiger partial charge in [-0.1, -0.05) is 20.3 Å². The van der Waals surface area contributed by atoms with E-state index >= 15 is 0 Å². The van der Waals surface area contributed by atoms with E-state index in [2.05, 4.69) is 19.2 Å². The Morgan fingerprint density at radius 3 is 2.75 bits per heavy atom. The highest BCUT2D eigenvalue weighted by Gasteiger charge is 2.31. The third-order valence-corrected chi connectivity index (χ3v) is 4.28. The van der Waals surface area contributed by atoms with E-state index in [1.807, 2.05) is 24.8 Å². The number of carbonyl (C=O) groups is 1. The summed E-state index contributed by atoms with van der Waals surface area (Å²) in [6.07, 6.45) is 2.14. The van der Waals surface area contributed by atoms with Crippen LogP contribution in [0.2, 0.25) is 0 Å². The zero-order chi connectivity index (χ0) is 14.7. The number of nitrogens with one attached hydrogen (secondary N) is 1. The van der Waals surface area contributed by atoms with Gasteiger partial charge in [0.15, 0.2) is 0 Å². The van der Waals surface area contributed by atoms with E-state index in [4.69, 9.17) is 4.42 Å². The average molecular weight is 278 g/mol. The number of furan rings is 1. The molecule has 1 saturated heterocycles. The van der Waals surface area contributed by atoms with Gasteiger partial charge in [-0.2, -0.15) is 0 Å². The summed E-state index contributed by atoms with van der Waals surface area (Å²) in [7, 11) is 0. The Labute approximate surface area is 121 Å². The number of likely N-dealkylation sites (tertiary alicyclic amines) is 1. The first-order valence-corrected chi connectivity index (χ1v) is 7.66. The van der Waals surface area contributed by atoms with Crippen LogP contribution < -0.4 is 5.32 Å². The van der Waals surface area contributed by atoms with Crippen LogP contribution in [0.1, 0.15) is 48.6 Å². The number of aryl methyl sites for hydroxylation is 2. The molecule has 2 rings (SSSR count). The van der Waals surface area contributed by atoms with Gasteiger partial charge >= 0.3 is 0 Å². The molecule has 4 heteroatoms. The van der Waals surface area contributed by atoms with Crippen molar-refractivity contribution in [3.05, 3.63) is 23.2 Å². The van der Waals surface area contributed by atoms with Crippen LogP contribution in [0.25, 0.3) is 0 Å². The quantitative estimate of drug-likeness (QED) is 0.921. The summed E-state index contributed by atoms with van der Waals surface area (Å²) in [6, 6.07) is 2.40. The molecule has 112 valence electrons. The van der Waals surface area contributed by atoms with Crippen molar-refractivity contribution in [3.63, 3.8) is 0 Å². The Bertz CT molecular complexity index is 467. The Kier molecular flexibility index (Phi) is 4.86. The first-order chi connectivity index (χ1) is 9.56. The van der Waals surface area contributed by atoms with Crippen LogP contribution in [0.5, 0.6) is 0 Å². The number of rotatable bonds is 4. The van der Waals surface area contributed by atoms with Crippen molar-refractivity contribution in [1.29, 1.82) is 0 Å². The van der Waals surface area contributed by atoms with Gasteiger partial charge in [-0.3, -0.25) is 4.79 Å². The second kappa shape index (κ2) is 6.44. The molecule has 0 spiro atoms. The van der Waals surface area contributed by atoms with Gasteiger partial charge in [0.2, 0.25) is 0 Å². The lowest BCUT2D eigenvalue weighted by Gasteiger charge is -2.38. The third-order valence-electron chi connectivity index (χ3n) is 4.28. The van der Waals surface area contributed by atoms with E-state index in [0.29, 0.717) is 12.0 Å². The first-order valence-electron chi connectivity index (χ1n) is 7.66. The van der Waals surface area contributed by atoms with Crippen LogP contribution in [-0.2, 0) is 0 Å². The molecular formula is C16H26N2O2. The molecule has 1 aliphatic heterocycles. The Morgan fingerprint density at radius 2 is 2.20 bits per heavy atom. The molecule has 0 saturated carbocycles. The van der Waals surface area contributed by atoms with Gasteiger partial charge in [-0.25, -0.2) is 0 Å². The van der Waals surface area contributed by atoms with E-state index in [0.717, 1.165) is 49.6 Å². The normalized spacial score (nSPS) is 23.1. The molecule has 4 nitrogen and oxygen atoms in total. The number of nitrogens with zero attached hydrogens (tertiary/aromatic N) is 1. The second-order valence-electron chi connectivity index (χ2n) is 5.70. The molecule has 0 aliphatic carbocycles. The number of amides is 1. The minimum Gasteiger partial charge on any atom is -0.466 e. The largest absolute Gasteiger partial charge is 0.466 e. The molecule has 1 aromatic rings. The van der Waals surface area contributed by atoms with E-state index in [1.165, 1.54) is 0 Å². The first kappa shape index (κ1) is 15.1. The SMILES string of the molecule is CCNC1CCN(C(=O)c2cc(C)oc2C)CC1CC. The lowest BCUT2D eigenvalue weighted by molar-refractivity contribution is 0.0626. The van der Waals surface area contributed by atoms with Crippen molar-refractivity contribution in [3.8, 4) is 0 Å². The topological polar surface area (TPSA) is 45.5 Å². The maximum absolute atomic E-state index is 12.6. The van der Waals surface area contributed by atoms with Crippen LogP contribution >= 0.6 is 0 Å². The molecule has 0 aromatic carbocycles. The smallest absolute Gasteiger partial charge is 0.257 e. The predicted molar refractivity (Wildman–Crippen MR) is 79.9 cm³/mol. The maximum Gasteiger partial charge on any atom is 0.257 e. The van der Waals surface area contributed by atoms with E-state index in [1.54, 1.807) is 0 Å². The summed E-state index contributed by atoms with van der Waals surface area (Å²) in [4.78, 5) is 14.6. The molecule has 1 amide bonds. The Balaban J connectivity index is 2.07. The van der Waals surface area contributed by atoms with Gasteiger partial charge in [-0.15, -0.1) is 0 Å². The van der Waals surface area contributed by atoms with Crippen molar-refractivity contribution in [2.24, 2.45) is 5.92 Å². The lowest BCUT2D eigenvalue weighted by Crippen LogP contribution is -2.50. The monoisotopic (exact) mass is 278 g/mol. The van der Waals surface area contributed by atoms with Gasteiger partial charge in [0.05, 0.1) is 5.56 Å². The van der Waals surface area contributed by atoms with E-state index < -0.39 is 0 Å². The molecule has 2 unspecified atom stereocenters. The lowest BCUT2D eigenvalue weighted by atomic mass is 9.89. The van der Waals surface area contributed by atoms with Crippen LogP contribution in [0, 0.1) is 19.8 Å². The van der Waals surface area contributed by atoms with Crippen LogP contribution in [-0.4, -0.2) is 36.5 Å². The summed E-state index contributed by atoms with van der Waals surface area (Å²) in [5.41, 5.74) is 0.722. The molecular weight excluding hydrogens is 252 g/mol. The third kappa shape index (κ3) is 3.06. The minimum absolute atomic E-state index is 0.118. The maximum atomic E-state index is 12.6. The van der Waals surface area contributed by atoms with Crippen LogP contribution in [0.4, 0.5) is 0 Å². The van der Waals surface area contributed by atoms with E-state index in [9.17, 15) is 4.79 Å². The molecule has 0 radical (unpaired) electrons. The fraction of sp³-hybridized carbons (Fsp3) is 0.688. The Morgan fingerprint density at radius 1 is 1.45 bits per heavy atom. The van der Waals surface area contributed by atoms with Gasteiger partial charge < -0.3 is 14.6 Å². The molecule has 1 N–H and O–H groups in total. The van der Waals surface area contributed by atoms with Crippen LogP contribution in [0.15, 0.2) is 10.5 Å². The molecule has 1 aromatic heterocycles. The molecule has 0 bridgehead atoms.